The molecule has 1 heterocycles. The quantitative estimate of drug-likeness (QED) is 0.780. The minimum Gasteiger partial charge on any atom is -0.481 e. The Morgan fingerprint density at radius 3 is 2.81 bits per heavy atom. The van der Waals surface area contributed by atoms with Gasteiger partial charge in [-0.3, -0.25) is 0 Å². The lowest BCUT2D eigenvalue weighted by Crippen LogP contribution is -2.42. The van der Waals surface area contributed by atoms with Gasteiger partial charge < -0.3 is 15.0 Å². The highest BCUT2D eigenvalue weighted by molar-refractivity contribution is 5.33. The highest BCUT2D eigenvalue weighted by Gasteiger charge is 2.18. The molecule has 1 aliphatic rings. The number of hydrogen-bond donors (Lipinski definition) is 1. The fourth-order valence-electron chi connectivity index (χ4n) is 2.84. The van der Waals surface area contributed by atoms with Gasteiger partial charge in [-0.2, -0.15) is 0 Å². The maximum absolute atomic E-state index is 5.59. The molecule has 114 valence electrons. The molecule has 1 N–H and O–H groups in total. The zero-order chi connectivity index (χ0) is 14.9. The molecule has 0 aliphatic carbocycles. The minimum absolute atomic E-state index is 0.326. The van der Waals surface area contributed by atoms with Crippen LogP contribution in [0.2, 0.25) is 0 Å². The van der Waals surface area contributed by atoms with Crippen LogP contribution in [0.5, 0.6) is 5.75 Å². The molecule has 0 atom stereocenters. The summed E-state index contributed by atoms with van der Waals surface area (Å²) in [5, 5.41) is 3.66. The molecule has 1 aliphatic heterocycles. The number of hydrogen-bond acceptors (Lipinski definition) is 3. The number of para-hydroxylation sites is 1. The predicted molar refractivity (Wildman–Crippen MR) is 87.4 cm³/mol. The van der Waals surface area contributed by atoms with Crippen molar-refractivity contribution in [2.24, 2.45) is 0 Å². The van der Waals surface area contributed by atoms with Crippen molar-refractivity contribution >= 4 is 0 Å². The Labute approximate surface area is 128 Å². The SMILES string of the molecule is C#CCOc1ccccc1CNC1CCN(CCC)CC1. The molecule has 0 bridgehead atoms. The van der Waals surface area contributed by atoms with Crippen LogP contribution in [-0.4, -0.2) is 37.2 Å². The van der Waals surface area contributed by atoms with Gasteiger partial charge in [0.05, 0.1) is 0 Å². The molecule has 0 aromatic heterocycles. The number of likely N-dealkylation sites (tertiary alicyclic amines) is 1. The van der Waals surface area contributed by atoms with Crippen molar-refractivity contribution in [2.75, 3.05) is 26.2 Å². The van der Waals surface area contributed by atoms with Crippen molar-refractivity contribution in [3.05, 3.63) is 29.8 Å². The van der Waals surface area contributed by atoms with Crippen molar-refractivity contribution in [2.45, 2.75) is 38.8 Å². The lowest BCUT2D eigenvalue weighted by Gasteiger charge is -2.32. The molecule has 2 rings (SSSR count). The van der Waals surface area contributed by atoms with Gasteiger partial charge in [0.15, 0.2) is 0 Å². The lowest BCUT2D eigenvalue weighted by molar-refractivity contribution is 0.197. The number of terminal acetylenes is 1. The topological polar surface area (TPSA) is 24.5 Å². The monoisotopic (exact) mass is 286 g/mol. The first-order valence-electron chi connectivity index (χ1n) is 7.93. The molecule has 0 saturated carbocycles. The minimum atomic E-state index is 0.326. The molecule has 0 radical (unpaired) electrons. The number of nitrogens with zero attached hydrogens (tertiary/aromatic N) is 1. The summed E-state index contributed by atoms with van der Waals surface area (Å²) in [6, 6.07) is 8.73. The van der Waals surface area contributed by atoms with E-state index >= 15 is 0 Å². The highest BCUT2D eigenvalue weighted by Crippen LogP contribution is 2.19. The first-order valence-corrected chi connectivity index (χ1v) is 7.93. The van der Waals surface area contributed by atoms with Crippen LogP contribution < -0.4 is 10.1 Å². The van der Waals surface area contributed by atoms with Crippen LogP contribution in [0.1, 0.15) is 31.7 Å². The second-order valence-corrected chi connectivity index (χ2v) is 5.60. The van der Waals surface area contributed by atoms with E-state index in [1.54, 1.807) is 0 Å². The van der Waals surface area contributed by atoms with Gasteiger partial charge in [-0.1, -0.05) is 31.0 Å². The molecule has 0 spiro atoms. The second-order valence-electron chi connectivity index (χ2n) is 5.60. The highest BCUT2D eigenvalue weighted by atomic mass is 16.5. The van der Waals surface area contributed by atoms with Crippen LogP contribution in [0, 0.1) is 12.3 Å². The normalized spacial score (nSPS) is 16.6. The lowest BCUT2D eigenvalue weighted by atomic mass is 10.0. The van der Waals surface area contributed by atoms with E-state index in [9.17, 15) is 0 Å². The smallest absolute Gasteiger partial charge is 0.148 e. The Balaban J connectivity index is 1.80. The number of rotatable bonds is 7. The summed E-state index contributed by atoms with van der Waals surface area (Å²) in [6.07, 6.45) is 8.97. The van der Waals surface area contributed by atoms with Gasteiger partial charge in [0.2, 0.25) is 0 Å². The van der Waals surface area contributed by atoms with Gasteiger partial charge in [-0.25, -0.2) is 0 Å². The van der Waals surface area contributed by atoms with Gasteiger partial charge in [-0.05, 0) is 45.0 Å². The maximum Gasteiger partial charge on any atom is 0.148 e. The van der Waals surface area contributed by atoms with Crippen molar-refractivity contribution in [1.29, 1.82) is 0 Å². The third-order valence-electron chi connectivity index (χ3n) is 3.99. The van der Waals surface area contributed by atoms with Crippen LogP contribution in [0.4, 0.5) is 0 Å². The Morgan fingerprint density at radius 1 is 1.33 bits per heavy atom. The Bertz CT molecular complexity index is 459. The van der Waals surface area contributed by atoms with Crippen molar-refractivity contribution in [3.8, 4) is 18.1 Å². The Morgan fingerprint density at radius 2 is 2.10 bits per heavy atom. The van der Waals surface area contributed by atoms with Crippen LogP contribution >= 0.6 is 0 Å². The van der Waals surface area contributed by atoms with Gasteiger partial charge in [0, 0.05) is 18.2 Å². The van der Waals surface area contributed by atoms with E-state index in [0.29, 0.717) is 12.6 Å². The summed E-state index contributed by atoms with van der Waals surface area (Å²) in [5.41, 5.74) is 1.18. The van der Waals surface area contributed by atoms with Crippen LogP contribution in [0.15, 0.2) is 24.3 Å². The third-order valence-corrected chi connectivity index (χ3v) is 3.99. The molecule has 0 amide bonds. The van der Waals surface area contributed by atoms with E-state index in [2.05, 4.69) is 29.1 Å². The number of ether oxygens (including phenoxy) is 1. The first kappa shape index (κ1) is 15.9. The van der Waals surface area contributed by atoms with E-state index in [1.807, 2.05) is 18.2 Å². The van der Waals surface area contributed by atoms with Gasteiger partial charge in [-0.15, -0.1) is 6.42 Å². The largest absolute Gasteiger partial charge is 0.481 e. The van der Waals surface area contributed by atoms with Crippen LogP contribution in [0.3, 0.4) is 0 Å². The average molecular weight is 286 g/mol. The maximum atomic E-state index is 5.59. The van der Waals surface area contributed by atoms with Gasteiger partial charge in [0.1, 0.15) is 12.4 Å². The fourth-order valence-corrected chi connectivity index (χ4v) is 2.84. The predicted octanol–water partition coefficient (Wildman–Crippen LogP) is 2.66. The first-order chi connectivity index (χ1) is 10.3. The summed E-state index contributed by atoms with van der Waals surface area (Å²) in [5.74, 6) is 3.41. The van der Waals surface area contributed by atoms with Crippen molar-refractivity contribution in [1.82, 2.24) is 10.2 Å². The summed E-state index contributed by atoms with van der Waals surface area (Å²) in [4.78, 5) is 2.56. The van der Waals surface area contributed by atoms with E-state index in [-0.39, 0.29) is 0 Å². The molecule has 1 aromatic rings. The standard InChI is InChI=1S/C18H26N2O/c1-3-11-20-12-9-17(10-13-20)19-15-16-7-5-6-8-18(16)21-14-4-2/h2,5-8,17,19H,3,9-15H2,1H3. The molecule has 1 saturated heterocycles. The average Bonchev–Trinajstić information content (AvgIpc) is 2.53. The van der Waals surface area contributed by atoms with E-state index in [1.165, 1.54) is 44.5 Å². The molecule has 1 fully saturated rings. The molecule has 1 aromatic carbocycles. The second kappa shape index (κ2) is 8.71. The Kier molecular flexibility index (Phi) is 6.59. The summed E-state index contributed by atoms with van der Waals surface area (Å²) >= 11 is 0. The molecule has 3 heteroatoms. The van der Waals surface area contributed by atoms with Crippen molar-refractivity contribution in [3.63, 3.8) is 0 Å². The zero-order valence-electron chi connectivity index (χ0n) is 13.0. The van der Waals surface area contributed by atoms with E-state index < -0.39 is 0 Å². The molecular formula is C18H26N2O. The third kappa shape index (κ3) is 5.08. The molecular weight excluding hydrogens is 260 g/mol. The van der Waals surface area contributed by atoms with Crippen molar-refractivity contribution < 1.29 is 4.74 Å². The fraction of sp³-hybridized carbons (Fsp3) is 0.556. The summed E-state index contributed by atoms with van der Waals surface area (Å²) < 4.78 is 5.59. The van der Waals surface area contributed by atoms with Gasteiger partial charge >= 0.3 is 0 Å². The Hall–Kier alpha value is -1.50. The van der Waals surface area contributed by atoms with Crippen LogP contribution in [0.25, 0.3) is 0 Å². The molecule has 21 heavy (non-hydrogen) atoms. The summed E-state index contributed by atoms with van der Waals surface area (Å²) in [6.45, 7) is 7.07. The molecule has 3 nitrogen and oxygen atoms in total. The van der Waals surface area contributed by atoms with Crippen LogP contribution in [-0.2, 0) is 6.54 Å². The number of benzene rings is 1. The zero-order valence-corrected chi connectivity index (χ0v) is 13.0. The number of nitrogens with one attached hydrogen (secondary N) is 1. The summed E-state index contributed by atoms with van der Waals surface area (Å²) in [7, 11) is 0. The van der Waals surface area contributed by atoms with E-state index in [4.69, 9.17) is 11.2 Å². The van der Waals surface area contributed by atoms with E-state index in [0.717, 1.165) is 12.3 Å². The number of piperidine rings is 1. The molecule has 0 unspecified atom stereocenters. The van der Waals surface area contributed by atoms with Gasteiger partial charge in [0.25, 0.3) is 0 Å².